The summed E-state index contributed by atoms with van der Waals surface area (Å²) in [5.41, 5.74) is 2.44. The van der Waals surface area contributed by atoms with E-state index in [1.165, 1.54) is 11.8 Å². The third-order valence-electron chi connectivity index (χ3n) is 4.49. The molecule has 7 heteroatoms. The van der Waals surface area contributed by atoms with E-state index in [0.717, 1.165) is 22.1 Å². The molecule has 1 heterocycles. The van der Waals surface area contributed by atoms with E-state index < -0.39 is 0 Å². The number of hydrogen-bond donors (Lipinski definition) is 1. The molecule has 0 fully saturated rings. The van der Waals surface area contributed by atoms with Crippen LogP contribution in [0, 0.1) is 12.8 Å². The van der Waals surface area contributed by atoms with Gasteiger partial charge in [-0.1, -0.05) is 43.8 Å². The van der Waals surface area contributed by atoms with Gasteiger partial charge in [-0.15, -0.1) is 0 Å². The fourth-order valence-electron chi connectivity index (χ4n) is 2.88. The minimum absolute atomic E-state index is 0.0552. The molecule has 0 spiro atoms. The number of fused-ring (bicyclic) bond motifs is 1. The van der Waals surface area contributed by atoms with Crippen LogP contribution in [-0.2, 0) is 11.3 Å². The molecule has 1 aromatic heterocycles. The molecule has 0 atom stereocenters. The summed E-state index contributed by atoms with van der Waals surface area (Å²) >= 11 is 4.76. The lowest BCUT2D eigenvalue weighted by molar-refractivity contribution is -0.113. The highest BCUT2D eigenvalue weighted by molar-refractivity contribution is 9.10. The number of thioether (sulfide) groups is 1. The fourth-order valence-corrected chi connectivity index (χ4v) is 4.30. The Bertz CT molecular complexity index is 1100. The van der Waals surface area contributed by atoms with E-state index in [0.29, 0.717) is 28.5 Å². The fraction of sp³-hybridized carbons (Fsp3) is 0.318. The van der Waals surface area contributed by atoms with Crippen molar-refractivity contribution in [3.63, 3.8) is 0 Å². The van der Waals surface area contributed by atoms with E-state index in [9.17, 15) is 9.59 Å². The van der Waals surface area contributed by atoms with Crippen LogP contribution in [-0.4, -0.2) is 21.2 Å². The summed E-state index contributed by atoms with van der Waals surface area (Å²) in [6, 6.07) is 13.1. The quantitative estimate of drug-likeness (QED) is 0.376. The third-order valence-corrected chi connectivity index (χ3v) is 6.12. The molecule has 0 saturated carbocycles. The van der Waals surface area contributed by atoms with E-state index in [-0.39, 0.29) is 17.2 Å². The third kappa shape index (κ3) is 5.48. The first-order valence-electron chi connectivity index (χ1n) is 9.53. The van der Waals surface area contributed by atoms with E-state index in [4.69, 9.17) is 0 Å². The van der Waals surface area contributed by atoms with E-state index >= 15 is 0 Å². The van der Waals surface area contributed by atoms with Gasteiger partial charge in [0.1, 0.15) is 0 Å². The molecule has 2 aromatic carbocycles. The molecule has 0 aliphatic carbocycles. The molecule has 0 saturated heterocycles. The summed E-state index contributed by atoms with van der Waals surface area (Å²) < 4.78 is 2.54. The number of nitrogens with zero attached hydrogens (tertiary/aromatic N) is 2. The Morgan fingerprint density at radius 2 is 2.00 bits per heavy atom. The number of carbonyl (C=O) groups excluding carboxylic acids is 1. The van der Waals surface area contributed by atoms with E-state index in [2.05, 4.69) is 40.1 Å². The second kappa shape index (κ2) is 9.59. The SMILES string of the molecule is Cc1ccc(NC(=O)CSc2nc3ccccc3c(=O)n2CCC(C)C)c(Br)c1. The largest absolute Gasteiger partial charge is 0.324 e. The van der Waals surface area contributed by atoms with Gasteiger partial charge in [0.05, 0.1) is 22.3 Å². The van der Waals surface area contributed by atoms with Gasteiger partial charge in [0.25, 0.3) is 5.56 Å². The lowest BCUT2D eigenvalue weighted by Gasteiger charge is -2.14. The number of halogens is 1. The molecule has 29 heavy (non-hydrogen) atoms. The number of rotatable bonds is 7. The molecular weight excluding hydrogens is 450 g/mol. The van der Waals surface area contributed by atoms with Crippen LogP contribution in [0.25, 0.3) is 10.9 Å². The van der Waals surface area contributed by atoms with Crippen molar-refractivity contribution in [2.75, 3.05) is 11.1 Å². The van der Waals surface area contributed by atoms with Crippen LogP contribution in [0.3, 0.4) is 0 Å². The van der Waals surface area contributed by atoms with Gasteiger partial charge in [-0.2, -0.15) is 0 Å². The minimum atomic E-state index is -0.141. The average Bonchev–Trinajstić information content (AvgIpc) is 2.68. The van der Waals surface area contributed by atoms with Crippen molar-refractivity contribution in [2.45, 2.75) is 38.9 Å². The number of para-hydroxylation sites is 1. The number of carbonyl (C=O) groups is 1. The molecule has 152 valence electrons. The molecule has 3 rings (SSSR count). The average molecular weight is 474 g/mol. The van der Waals surface area contributed by atoms with Crippen molar-refractivity contribution in [1.29, 1.82) is 0 Å². The topological polar surface area (TPSA) is 64.0 Å². The van der Waals surface area contributed by atoms with Gasteiger partial charge in [-0.25, -0.2) is 4.98 Å². The minimum Gasteiger partial charge on any atom is -0.324 e. The zero-order chi connectivity index (χ0) is 21.0. The van der Waals surface area contributed by atoms with E-state index in [1.54, 1.807) is 10.6 Å². The number of aryl methyl sites for hydroxylation is 1. The first-order chi connectivity index (χ1) is 13.8. The highest BCUT2D eigenvalue weighted by Crippen LogP contribution is 2.24. The standard InChI is InChI=1S/C22H24BrN3O2S/c1-14(2)10-11-26-21(28)16-6-4-5-7-18(16)25-22(26)29-13-20(27)24-19-9-8-15(3)12-17(19)23/h4-9,12,14H,10-11,13H2,1-3H3,(H,24,27). The summed E-state index contributed by atoms with van der Waals surface area (Å²) in [6.45, 7) is 6.83. The molecule has 0 unspecified atom stereocenters. The molecule has 0 aliphatic heterocycles. The smallest absolute Gasteiger partial charge is 0.262 e. The molecular formula is C22H24BrN3O2S. The second-order valence-corrected chi connectivity index (χ2v) is 9.17. The number of amides is 1. The van der Waals surface area contributed by atoms with Gasteiger partial charge in [-0.05, 0) is 65.0 Å². The Hall–Kier alpha value is -2.12. The molecule has 1 amide bonds. The first kappa shape index (κ1) is 21.6. The Balaban J connectivity index is 1.81. The van der Waals surface area contributed by atoms with Crippen LogP contribution < -0.4 is 10.9 Å². The lowest BCUT2D eigenvalue weighted by atomic mass is 10.1. The highest BCUT2D eigenvalue weighted by Gasteiger charge is 2.14. The first-order valence-corrected chi connectivity index (χ1v) is 11.3. The van der Waals surface area contributed by atoms with E-state index in [1.807, 2.05) is 43.3 Å². The van der Waals surface area contributed by atoms with Crippen molar-refractivity contribution in [3.05, 3.63) is 62.9 Å². The van der Waals surface area contributed by atoms with Crippen LogP contribution in [0.5, 0.6) is 0 Å². The van der Waals surface area contributed by atoms with Crippen molar-refractivity contribution in [1.82, 2.24) is 9.55 Å². The van der Waals surface area contributed by atoms with Crippen LogP contribution in [0.4, 0.5) is 5.69 Å². The summed E-state index contributed by atoms with van der Waals surface area (Å²) in [4.78, 5) is 30.1. The Morgan fingerprint density at radius 3 is 2.72 bits per heavy atom. The van der Waals surface area contributed by atoms with Crippen molar-refractivity contribution < 1.29 is 4.79 Å². The summed E-state index contributed by atoms with van der Waals surface area (Å²) in [5.74, 6) is 0.498. The normalized spacial score (nSPS) is 11.2. The monoisotopic (exact) mass is 473 g/mol. The van der Waals surface area contributed by atoms with Crippen molar-refractivity contribution >= 4 is 50.2 Å². The lowest BCUT2D eigenvalue weighted by Crippen LogP contribution is -2.25. The van der Waals surface area contributed by atoms with Gasteiger partial charge >= 0.3 is 0 Å². The predicted molar refractivity (Wildman–Crippen MR) is 124 cm³/mol. The molecule has 5 nitrogen and oxygen atoms in total. The zero-order valence-corrected chi connectivity index (χ0v) is 19.1. The Morgan fingerprint density at radius 1 is 1.24 bits per heavy atom. The zero-order valence-electron chi connectivity index (χ0n) is 16.7. The Kier molecular flexibility index (Phi) is 7.14. The van der Waals surface area contributed by atoms with Gasteiger partial charge in [-0.3, -0.25) is 14.2 Å². The number of anilines is 1. The molecule has 0 bridgehead atoms. The molecule has 3 aromatic rings. The molecule has 0 radical (unpaired) electrons. The Labute approximate surface area is 183 Å². The number of aromatic nitrogens is 2. The van der Waals surface area contributed by atoms with Gasteiger partial charge < -0.3 is 5.32 Å². The van der Waals surface area contributed by atoms with Crippen molar-refractivity contribution in [2.24, 2.45) is 5.92 Å². The second-order valence-electron chi connectivity index (χ2n) is 7.37. The summed E-state index contributed by atoms with van der Waals surface area (Å²) in [7, 11) is 0. The van der Waals surface area contributed by atoms with Crippen LogP contribution in [0.15, 0.2) is 56.9 Å². The van der Waals surface area contributed by atoms with Gasteiger partial charge in [0.15, 0.2) is 5.16 Å². The van der Waals surface area contributed by atoms with Crippen LogP contribution >= 0.6 is 27.7 Å². The van der Waals surface area contributed by atoms with Gasteiger partial charge in [0.2, 0.25) is 5.91 Å². The maximum absolute atomic E-state index is 13.0. The highest BCUT2D eigenvalue weighted by atomic mass is 79.9. The predicted octanol–water partition coefficient (Wildman–Crippen LogP) is 5.24. The van der Waals surface area contributed by atoms with Gasteiger partial charge in [0, 0.05) is 11.0 Å². The summed E-state index contributed by atoms with van der Waals surface area (Å²) in [6.07, 6.45) is 0.871. The van der Waals surface area contributed by atoms with Crippen molar-refractivity contribution in [3.8, 4) is 0 Å². The maximum Gasteiger partial charge on any atom is 0.262 e. The molecule has 1 N–H and O–H groups in total. The maximum atomic E-state index is 13.0. The van der Waals surface area contributed by atoms with Crippen LogP contribution in [0.1, 0.15) is 25.8 Å². The van der Waals surface area contributed by atoms with Crippen LogP contribution in [0.2, 0.25) is 0 Å². The number of benzene rings is 2. The molecule has 0 aliphatic rings. The number of nitrogens with one attached hydrogen (secondary N) is 1. The number of hydrogen-bond acceptors (Lipinski definition) is 4. The summed E-state index contributed by atoms with van der Waals surface area (Å²) in [5, 5.41) is 4.09.